The first-order valence-corrected chi connectivity index (χ1v) is 7.62. The third-order valence-electron chi connectivity index (χ3n) is 3.79. The number of carbonyl (C=O) groups excluding carboxylic acids is 1. The number of unbranched alkanes of at least 4 members (excludes halogenated alkanes) is 1. The Labute approximate surface area is 121 Å². The molecule has 0 radical (unpaired) electrons. The zero-order valence-corrected chi connectivity index (χ0v) is 12.3. The highest BCUT2D eigenvalue weighted by Crippen LogP contribution is 2.23. The number of nitrogens with two attached hydrogens (primary N) is 1. The van der Waals surface area contributed by atoms with Crippen molar-refractivity contribution in [2.24, 2.45) is 5.73 Å². The minimum absolute atomic E-state index is 0.0861. The molecule has 0 spiro atoms. The van der Waals surface area contributed by atoms with Crippen LogP contribution in [-0.2, 0) is 4.79 Å². The van der Waals surface area contributed by atoms with E-state index in [1.165, 1.54) is 18.5 Å². The SMILES string of the molecule is CCCC[C@@H](N)C(=O)Nc1cccc(N2CCCC2)c1. The Kier molecular flexibility index (Phi) is 5.41. The molecule has 110 valence electrons. The topological polar surface area (TPSA) is 58.4 Å². The second-order valence-electron chi connectivity index (χ2n) is 5.48. The molecule has 1 aliphatic rings. The Morgan fingerprint density at radius 2 is 2.15 bits per heavy atom. The number of benzene rings is 1. The summed E-state index contributed by atoms with van der Waals surface area (Å²) in [5, 5.41) is 2.92. The first-order valence-electron chi connectivity index (χ1n) is 7.62. The molecule has 0 bridgehead atoms. The number of amides is 1. The Morgan fingerprint density at radius 3 is 2.85 bits per heavy atom. The third kappa shape index (κ3) is 3.97. The van der Waals surface area contributed by atoms with Crippen LogP contribution in [0.3, 0.4) is 0 Å². The van der Waals surface area contributed by atoms with E-state index in [2.05, 4.69) is 23.2 Å². The van der Waals surface area contributed by atoms with Crippen LogP contribution in [0.4, 0.5) is 11.4 Å². The number of anilines is 2. The van der Waals surface area contributed by atoms with Gasteiger partial charge in [-0.25, -0.2) is 0 Å². The number of nitrogens with one attached hydrogen (secondary N) is 1. The molecule has 0 unspecified atom stereocenters. The molecule has 4 heteroatoms. The van der Waals surface area contributed by atoms with Gasteiger partial charge in [0.05, 0.1) is 6.04 Å². The van der Waals surface area contributed by atoms with Crippen molar-refractivity contribution in [1.29, 1.82) is 0 Å². The van der Waals surface area contributed by atoms with Crippen molar-refractivity contribution < 1.29 is 4.79 Å². The van der Waals surface area contributed by atoms with Crippen molar-refractivity contribution >= 4 is 17.3 Å². The van der Waals surface area contributed by atoms with E-state index >= 15 is 0 Å². The number of hydrogen-bond acceptors (Lipinski definition) is 3. The second-order valence-corrected chi connectivity index (χ2v) is 5.48. The highest BCUT2D eigenvalue weighted by Gasteiger charge is 2.15. The lowest BCUT2D eigenvalue weighted by Crippen LogP contribution is -2.35. The van der Waals surface area contributed by atoms with Gasteiger partial charge in [0.25, 0.3) is 0 Å². The monoisotopic (exact) mass is 275 g/mol. The van der Waals surface area contributed by atoms with E-state index in [1.807, 2.05) is 18.2 Å². The summed E-state index contributed by atoms with van der Waals surface area (Å²) in [6.45, 7) is 4.31. The fourth-order valence-corrected chi connectivity index (χ4v) is 2.55. The summed E-state index contributed by atoms with van der Waals surface area (Å²) < 4.78 is 0. The highest BCUT2D eigenvalue weighted by atomic mass is 16.2. The molecule has 1 atom stereocenters. The summed E-state index contributed by atoms with van der Waals surface area (Å²) in [6, 6.07) is 7.63. The summed E-state index contributed by atoms with van der Waals surface area (Å²) in [5.74, 6) is -0.0861. The second kappa shape index (κ2) is 7.29. The summed E-state index contributed by atoms with van der Waals surface area (Å²) in [5.41, 5.74) is 7.91. The maximum Gasteiger partial charge on any atom is 0.241 e. The fourth-order valence-electron chi connectivity index (χ4n) is 2.55. The minimum atomic E-state index is -0.412. The number of rotatable bonds is 6. The molecule has 1 saturated heterocycles. The average molecular weight is 275 g/mol. The van der Waals surface area contributed by atoms with Gasteiger partial charge in [-0.15, -0.1) is 0 Å². The number of nitrogens with zero attached hydrogens (tertiary/aromatic N) is 1. The van der Waals surface area contributed by atoms with E-state index in [-0.39, 0.29) is 5.91 Å². The largest absolute Gasteiger partial charge is 0.371 e. The van der Waals surface area contributed by atoms with E-state index < -0.39 is 6.04 Å². The van der Waals surface area contributed by atoms with E-state index in [0.29, 0.717) is 0 Å². The van der Waals surface area contributed by atoms with Gasteiger partial charge >= 0.3 is 0 Å². The van der Waals surface area contributed by atoms with Crippen molar-refractivity contribution in [3.05, 3.63) is 24.3 Å². The maximum atomic E-state index is 12.0. The molecule has 1 aromatic rings. The van der Waals surface area contributed by atoms with Crippen molar-refractivity contribution in [2.45, 2.75) is 45.1 Å². The van der Waals surface area contributed by atoms with Crippen LogP contribution < -0.4 is 16.0 Å². The van der Waals surface area contributed by atoms with Crippen molar-refractivity contribution in [1.82, 2.24) is 0 Å². The van der Waals surface area contributed by atoms with Gasteiger partial charge in [-0.2, -0.15) is 0 Å². The van der Waals surface area contributed by atoms with Crippen LogP contribution in [-0.4, -0.2) is 25.0 Å². The van der Waals surface area contributed by atoms with Crippen molar-refractivity contribution in [2.75, 3.05) is 23.3 Å². The Morgan fingerprint density at radius 1 is 1.40 bits per heavy atom. The average Bonchev–Trinajstić information content (AvgIpc) is 2.99. The molecule has 1 heterocycles. The Balaban J connectivity index is 1.95. The van der Waals surface area contributed by atoms with Crippen LogP contribution in [0, 0.1) is 0 Å². The first kappa shape index (κ1) is 14.9. The normalized spacial score (nSPS) is 16.2. The molecule has 1 aliphatic heterocycles. The van der Waals surface area contributed by atoms with Crippen LogP contribution in [0.5, 0.6) is 0 Å². The van der Waals surface area contributed by atoms with Crippen LogP contribution >= 0.6 is 0 Å². The molecule has 0 aromatic heterocycles. The maximum absolute atomic E-state index is 12.0. The molecular formula is C16H25N3O. The Hall–Kier alpha value is -1.55. The van der Waals surface area contributed by atoms with E-state index in [4.69, 9.17) is 5.73 Å². The molecule has 1 fully saturated rings. The molecule has 3 N–H and O–H groups in total. The van der Waals surface area contributed by atoms with Crippen LogP contribution in [0.25, 0.3) is 0 Å². The standard InChI is InChI=1S/C16H25N3O/c1-2-3-9-15(17)16(20)18-13-7-6-8-14(12-13)19-10-4-5-11-19/h6-8,12,15H,2-5,9-11,17H2,1H3,(H,18,20)/t15-/m1/s1. The van der Waals surface area contributed by atoms with Gasteiger partial charge in [-0.3, -0.25) is 4.79 Å². The van der Waals surface area contributed by atoms with E-state index in [1.54, 1.807) is 0 Å². The van der Waals surface area contributed by atoms with Gasteiger partial charge in [0.1, 0.15) is 0 Å². The predicted octanol–water partition coefficient (Wildman–Crippen LogP) is 2.74. The Bertz CT molecular complexity index is 441. The third-order valence-corrected chi connectivity index (χ3v) is 3.79. The van der Waals surface area contributed by atoms with Gasteiger partial charge in [0.2, 0.25) is 5.91 Å². The first-order chi connectivity index (χ1) is 9.70. The summed E-state index contributed by atoms with van der Waals surface area (Å²) in [6.07, 6.45) is 5.29. The molecule has 2 rings (SSSR count). The van der Waals surface area contributed by atoms with E-state index in [9.17, 15) is 4.79 Å². The number of hydrogen-bond donors (Lipinski definition) is 2. The fraction of sp³-hybridized carbons (Fsp3) is 0.562. The van der Waals surface area contributed by atoms with Crippen molar-refractivity contribution in [3.8, 4) is 0 Å². The van der Waals surface area contributed by atoms with Crippen LogP contribution in [0.1, 0.15) is 39.0 Å². The lowest BCUT2D eigenvalue weighted by atomic mass is 10.1. The van der Waals surface area contributed by atoms with Gasteiger partial charge < -0.3 is 16.0 Å². The van der Waals surface area contributed by atoms with Gasteiger partial charge in [-0.05, 0) is 37.5 Å². The van der Waals surface area contributed by atoms with Gasteiger partial charge in [0.15, 0.2) is 0 Å². The van der Waals surface area contributed by atoms with Crippen molar-refractivity contribution in [3.63, 3.8) is 0 Å². The highest BCUT2D eigenvalue weighted by molar-refractivity contribution is 5.95. The van der Waals surface area contributed by atoms with Gasteiger partial charge in [-0.1, -0.05) is 25.8 Å². The minimum Gasteiger partial charge on any atom is -0.371 e. The zero-order chi connectivity index (χ0) is 14.4. The molecule has 20 heavy (non-hydrogen) atoms. The lowest BCUT2D eigenvalue weighted by Gasteiger charge is -2.19. The molecule has 1 amide bonds. The summed E-state index contributed by atoms with van der Waals surface area (Å²) in [7, 11) is 0. The predicted molar refractivity (Wildman–Crippen MR) is 84.0 cm³/mol. The molecular weight excluding hydrogens is 250 g/mol. The van der Waals surface area contributed by atoms with E-state index in [0.717, 1.165) is 38.0 Å². The molecule has 1 aromatic carbocycles. The molecule has 4 nitrogen and oxygen atoms in total. The summed E-state index contributed by atoms with van der Waals surface area (Å²) in [4.78, 5) is 14.4. The van der Waals surface area contributed by atoms with Crippen LogP contribution in [0.2, 0.25) is 0 Å². The smallest absolute Gasteiger partial charge is 0.241 e. The lowest BCUT2D eigenvalue weighted by molar-refractivity contribution is -0.117. The molecule has 0 aliphatic carbocycles. The quantitative estimate of drug-likeness (QED) is 0.839. The summed E-state index contributed by atoms with van der Waals surface area (Å²) >= 11 is 0. The van der Waals surface area contributed by atoms with Gasteiger partial charge in [0, 0.05) is 24.5 Å². The number of carbonyl (C=O) groups is 1. The van der Waals surface area contributed by atoms with Crippen LogP contribution in [0.15, 0.2) is 24.3 Å². The zero-order valence-electron chi connectivity index (χ0n) is 12.3. The molecule has 0 saturated carbocycles.